The van der Waals surface area contributed by atoms with Crippen LogP contribution in [0.5, 0.6) is 0 Å². The number of hydrogen-bond donors (Lipinski definition) is 3. The summed E-state index contributed by atoms with van der Waals surface area (Å²) in [4.78, 5) is 38.7. The number of hydrogen-bond acceptors (Lipinski definition) is 5. The topological polar surface area (TPSA) is 140 Å². The summed E-state index contributed by atoms with van der Waals surface area (Å²) in [7, 11) is 0. The molecule has 0 unspecified atom stereocenters. The number of amides is 3. The summed E-state index contributed by atoms with van der Waals surface area (Å²) in [6.07, 6.45) is 1.02. The third-order valence-corrected chi connectivity index (χ3v) is 6.44. The highest BCUT2D eigenvalue weighted by Crippen LogP contribution is 2.25. The monoisotopic (exact) mass is 520 g/mol. The van der Waals surface area contributed by atoms with E-state index in [0.717, 1.165) is 22.4 Å². The SMILES string of the molecule is N#Cc1cccc(NC(=O)c2cnn3c2C(=O)N(c2ccc(Cc4ccc(CNC(=O)O)cc4)cc2)CC3)c1. The number of nitrogens with zero attached hydrogens (tertiary/aromatic N) is 4. The van der Waals surface area contributed by atoms with Gasteiger partial charge in [0.25, 0.3) is 11.8 Å². The van der Waals surface area contributed by atoms with Crippen molar-refractivity contribution in [2.75, 3.05) is 16.8 Å². The molecule has 10 nitrogen and oxygen atoms in total. The molecule has 3 aromatic carbocycles. The van der Waals surface area contributed by atoms with Crippen LogP contribution in [0.3, 0.4) is 0 Å². The summed E-state index contributed by atoms with van der Waals surface area (Å²) < 4.78 is 1.55. The second-order valence-electron chi connectivity index (χ2n) is 9.05. The smallest absolute Gasteiger partial charge is 0.404 e. The first-order valence-corrected chi connectivity index (χ1v) is 12.2. The summed E-state index contributed by atoms with van der Waals surface area (Å²) in [5.41, 5.74) is 5.01. The number of anilines is 2. The number of nitrogens with one attached hydrogen (secondary N) is 2. The maximum atomic E-state index is 13.5. The van der Waals surface area contributed by atoms with Gasteiger partial charge >= 0.3 is 6.09 Å². The third kappa shape index (κ3) is 5.62. The summed E-state index contributed by atoms with van der Waals surface area (Å²) in [5.74, 6) is -0.783. The Morgan fingerprint density at radius 1 is 0.974 bits per heavy atom. The molecule has 3 amide bonds. The van der Waals surface area contributed by atoms with E-state index in [-0.39, 0.29) is 23.7 Å². The number of carbonyl (C=O) groups excluding carboxylic acids is 2. The van der Waals surface area contributed by atoms with Crippen molar-refractivity contribution in [1.82, 2.24) is 15.1 Å². The van der Waals surface area contributed by atoms with Gasteiger partial charge in [0, 0.05) is 24.5 Å². The van der Waals surface area contributed by atoms with Crippen LogP contribution in [0, 0.1) is 11.3 Å². The number of benzene rings is 3. The van der Waals surface area contributed by atoms with E-state index in [1.54, 1.807) is 33.8 Å². The molecule has 1 aliphatic rings. The standard InChI is InChI=1S/C29H24N6O4/c30-16-22-2-1-3-23(15-22)33-27(36)25-18-32-35-13-12-34(28(37)26(25)35)24-10-8-20(9-11-24)14-19-4-6-21(7-5-19)17-31-29(38)39/h1-11,15,18,31H,12-14,17H2,(H,33,36)(H,38,39). The highest BCUT2D eigenvalue weighted by molar-refractivity contribution is 6.15. The van der Waals surface area contributed by atoms with Gasteiger partial charge in [-0.15, -0.1) is 0 Å². The second kappa shape index (κ2) is 10.9. The van der Waals surface area contributed by atoms with E-state index in [9.17, 15) is 14.4 Å². The molecule has 10 heteroatoms. The van der Waals surface area contributed by atoms with Crippen LogP contribution in [0.2, 0.25) is 0 Å². The highest BCUT2D eigenvalue weighted by Gasteiger charge is 2.32. The van der Waals surface area contributed by atoms with Gasteiger partial charge in [-0.1, -0.05) is 42.5 Å². The molecule has 3 N–H and O–H groups in total. The molecular formula is C29H24N6O4. The lowest BCUT2D eigenvalue weighted by molar-refractivity contribution is 0.0946. The highest BCUT2D eigenvalue weighted by atomic mass is 16.4. The van der Waals surface area contributed by atoms with E-state index in [2.05, 4.69) is 15.7 Å². The van der Waals surface area contributed by atoms with Crippen molar-refractivity contribution < 1.29 is 19.5 Å². The van der Waals surface area contributed by atoms with Crippen molar-refractivity contribution in [2.45, 2.75) is 19.5 Å². The minimum Gasteiger partial charge on any atom is -0.465 e. The molecule has 5 rings (SSSR count). The summed E-state index contributed by atoms with van der Waals surface area (Å²) >= 11 is 0. The molecule has 0 atom stereocenters. The molecule has 1 aliphatic heterocycles. The predicted octanol–water partition coefficient (Wildman–Crippen LogP) is 4.03. The first-order valence-electron chi connectivity index (χ1n) is 12.2. The van der Waals surface area contributed by atoms with Crippen molar-refractivity contribution in [2.24, 2.45) is 0 Å². The Labute approximate surface area is 224 Å². The molecule has 39 heavy (non-hydrogen) atoms. The second-order valence-corrected chi connectivity index (χ2v) is 9.05. The van der Waals surface area contributed by atoms with Crippen LogP contribution >= 0.6 is 0 Å². The Kier molecular flexibility index (Phi) is 7.05. The molecule has 0 radical (unpaired) electrons. The molecule has 0 bridgehead atoms. The van der Waals surface area contributed by atoms with Gasteiger partial charge in [-0.25, -0.2) is 4.79 Å². The van der Waals surface area contributed by atoms with Crippen molar-refractivity contribution in [3.05, 3.63) is 113 Å². The minimum absolute atomic E-state index is 0.172. The number of rotatable bonds is 7. The number of nitriles is 1. The van der Waals surface area contributed by atoms with E-state index >= 15 is 0 Å². The fraction of sp³-hybridized carbons (Fsp3) is 0.138. The normalized spacial score (nSPS) is 12.4. The zero-order valence-electron chi connectivity index (χ0n) is 20.8. The lowest BCUT2D eigenvalue weighted by Crippen LogP contribution is -2.41. The number of carbonyl (C=O) groups is 3. The molecule has 0 fully saturated rings. The molecule has 0 saturated carbocycles. The molecule has 0 spiro atoms. The van der Waals surface area contributed by atoms with Crippen LogP contribution in [-0.2, 0) is 19.5 Å². The fourth-order valence-corrected chi connectivity index (χ4v) is 4.46. The van der Waals surface area contributed by atoms with E-state index < -0.39 is 12.0 Å². The molecular weight excluding hydrogens is 496 g/mol. The molecule has 194 valence electrons. The summed E-state index contributed by atoms with van der Waals surface area (Å²) in [6.45, 7) is 1.12. The molecule has 2 heterocycles. The van der Waals surface area contributed by atoms with E-state index in [4.69, 9.17) is 10.4 Å². The van der Waals surface area contributed by atoms with Crippen LogP contribution in [0.4, 0.5) is 16.2 Å². The van der Waals surface area contributed by atoms with Crippen LogP contribution in [-0.4, -0.2) is 39.3 Å². The van der Waals surface area contributed by atoms with Gasteiger partial charge in [-0.3, -0.25) is 14.3 Å². The number of aromatic nitrogens is 2. The third-order valence-electron chi connectivity index (χ3n) is 6.44. The zero-order chi connectivity index (χ0) is 27.4. The minimum atomic E-state index is -1.06. The lowest BCUT2D eigenvalue weighted by atomic mass is 10.0. The van der Waals surface area contributed by atoms with Gasteiger partial charge in [0.05, 0.1) is 29.9 Å². The van der Waals surface area contributed by atoms with Crippen LogP contribution < -0.4 is 15.5 Å². The maximum absolute atomic E-state index is 13.5. The fourth-order valence-electron chi connectivity index (χ4n) is 4.46. The zero-order valence-corrected chi connectivity index (χ0v) is 20.8. The van der Waals surface area contributed by atoms with Crippen molar-refractivity contribution >= 4 is 29.3 Å². The van der Waals surface area contributed by atoms with Gasteiger partial charge in [0.15, 0.2) is 0 Å². The molecule has 1 aromatic heterocycles. The molecule has 0 aliphatic carbocycles. The predicted molar refractivity (Wildman–Crippen MR) is 144 cm³/mol. The Bertz CT molecular complexity index is 1590. The average Bonchev–Trinajstić information content (AvgIpc) is 3.39. The van der Waals surface area contributed by atoms with Crippen molar-refractivity contribution in [3.8, 4) is 6.07 Å². The van der Waals surface area contributed by atoms with Crippen LogP contribution in [0.25, 0.3) is 0 Å². The van der Waals surface area contributed by atoms with Crippen LogP contribution in [0.15, 0.2) is 79.0 Å². The van der Waals surface area contributed by atoms with Gasteiger partial charge in [0.2, 0.25) is 0 Å². The molecule has 0 saturated heterocycles. The van der Waals surface area contributed by atoms with E-state index in [0.29, 0.717) is 30.8 Å². The number of fused-ring (bicyclic) bond motifs is 1. The van der Waals surface area contributed by atoms with E-state index in [1.165, 1.54) is 6.20 Å². The summed E-state index contributed by atoms with van der Waals surface area (Å²) in [5, 5.41) is 27.2. The van der Waals surface area contributed by atoms with Gasteiger partial charge < -0.3 is 20.6 Å². The van der Waals surface area contributed by atoms with Gasteiger partial charge in [-0.2, -0.15) is 10.4 Å². The number of carboxylic acid groups (broad SMARTS) is 1. The Morgan fingerprint density at radius 2 is 1.67 bits per heavy atom. The Morgan fingerprint density at radius 3 is 2.36 bits per heavy atom. The largest absolute Gasteiger partial charge is 0.465 e. The first kappa shape index (κ1) is 25.2. The maximum Gasteiger partial charge on any atom is 0.404 e. The average molecular weight is 521 g/mol. The van der Waals surface area contributed by atoms with E-state index in [1.807, 2.05) is 54.6 Å². The molecule has 4 aromatic rings. The lowest BCUT2D eigenvalue weighted by Gasteiger charge is -2.28. The van der Waals surface area contributed by atoms with Crippen LogP contribution in [0.1, 0.15) is 43.1 Å². The van der Waals surface area contributed by atoms with Gasteiger partial charge in [-0.05, 0) is 53.4 Å². The van der Waals surface area contributed by atoms with Gasteiger partial charge in [0.1, 0.15) is 5.69 Å². The Balaban J connectivity index is 1.27. The quantitative estimate of drug-likeness (QED) is 0.336. The van der Waals surface area contributed by atoms with Crippen molar-refractivity contribution in [3.63, 3.8) is 0 Å². The summed E-state index contributed by atoms with van der Waals surface area (Å²) in [6, 6.07) is 24.0. The first-order chi connectivity index (χ1) is 18.9. The Hall–Kier alpha value is -5.43. The van der Waals surface area contributed by atoms with Crippen molar-refractivity contribution in [1.29, 1.82) is 5.26 Å².